The number of benzene rings is 1. The predicted octanol–water partition coefficient (Wildman–Crippen LogP) is 0.965. The number of sulfonamides is 2. The summed E-state index contributed by atoms with van der Waals surface area (Å²) < 4.78 is 51.6. The first-order chi connectivity index (χ1) is 8.82. The van der Waals surface area contributed by atoms with Crippen molar-refractivity contribution in [1.82, 2.24) is 4.72 Å². The van der Waals surface area contributed by atoms with Gasteiger partial charge in [0.15, 0.2) is 0 Å². The second-order valence-electron chi connectivity index (χ2n) is 3.61. The van der Waals surface area contributed by atoms with Gasteiger partial charge in [0.2, 0.25) is 20.0 Å². The average Bonchev–Trinajstić information content (AvgIpc) is 2.28. The quantitative estimate of drug-likeness (QED) is 0.730. The minimum Gasteiger partial charge on any atom is -0.282 e. The fraction of sp³-hybridized carbons (Fsp3) is 0.400. The molecule has 9 heteroatoms. The summed E-state index contributed by atoms with van der Waals surface area (Å²) in [5.41, 5.74) is 0.00793. The van der Waals surface area contributed by atoms with Crippen LogP contribution in [-0.4, -0.2) is 35.0 Å². The van der Waals surface area contributed by atoms with E-state index in [4.69, 9.17) is 11.6 Å². The van der Waals surface area contributed by atoms with E-state index in [1.54, 1.807) is 13.0 Å². The molecule has 2 N–H and O–H groups in total. The van der Waals surface area contributed by atoms with Gasteiger partial charge >= 0.3 is 0 Å². The van der Waals surface area contributed by atoms with Crippen molar-refractivity contribution in [2.45, 2.75) is 11.8 Å². The van der Waals surface area contributed by atoms with Gasteiger partial charge in [-0.2, -0.15) is 0 Å². The van der Waals surface area contributed by atoms with Crippen molar-refractivity contribution in [3.05, 3.63) is 24.3 Å². The van der Waals surface area contributed by atoms with E-state index in [0.717, 1.165) is 0 Å². The van der Waals surface area contributed by atoms with Gasteiger partial charge in [-0.05, 0) is 12.1 Å². The molecule has 0 amide bonds. The number of anilines is 1. The average molecular weight is 327 g/mol. The zero-order valence-electron chi connectivity index (χ0n) is 10.3. The van der Waals surface area contributed by atoms with Crippen LogP contribution in [0.5, 0.6) is 0 Å². The normalized spacial score (nSPS) is 12.3. The lowest BCUT2D eigenvalue weighted by Crippen LogP contribution is -2.25. The van der Waals surface area contributed by atoms with Crippen molar-refractivity contribution < 1.29 is 16.8 Å². The molecule has 19 heavy (non-hydrogen) atoms. The maximum atomic E-state index is 11.9. The highest BCUT2D eigenvalue weighted by Gasteiger charge is 2.20. The fourth-order valence-electron chi connectivity index (χ4n) is 1.37. The molecule has 0 unspecified atom stereocenters. The highest BCUT2D eigenvalue weighted by molar-refractivity contribution is 7.93. The monoisotopic (exact) mass is 326 g/mol. The van der Waals surface area contributed by atoms with Crippen molar-refractivity contribution in [2.24, 2.45) is 0 Å². The Hall–Kier alpha value is -0.830. The molecule has 0 saturated heterocycles. The Bertz CT molecular complexity index is 629. The Kier molecular flexibility index (Phi) is 5.60. The molecule has 0 heterocycles. The second-order valence-corrected chi connectivity index (χ2v) is 7.56. The third-order valence-corrected chi connectivity index (χ3v) is 5.41. The van der Waals surface area contributed by atoms with E-state index < -0.39 is 20.0 Å². The van der Waals surface area contributed by atoms with Gasteiger partial charge in [0, 0.05) is 12.4 Å². The number of hydrogen-bond acceptors (Lipinski definition) is 4. The highest BCUT2D eigenvalue weighted by Crippen LogP contribution is 2.21. The van der Waals surface area contributed by atoms with E-state index in [1.165, 1.54) is 18.2 Å². The van der Waals surface area contributed by atoms with Crippen LogP contribution < -0.4 is 9.44 Å². The lowest BCUT2D eigenvalue weighted by Gasteiger charge is -2.12. The standard InChI is InChI=1S/C10H15ClN2O4S2/c1-2-12-19(16,17)10-6-4-3-5-9(10)13-18(14,15)8-7-11/h3-6,12-13H,2,7-8H2,1H3. The zero-order chi connectivity index (χ0) is 14.5. The minimum absolute atomic E-state index is 0.00793. The van der Waals surface area contributed by atoms with E-state index >= 15 is 0 Å². The van der Waals surface area contributed by atoms with E-state index in [9.17, 15) is 16.8 Å². The molecule has 0 radical (unpaired) electrons. The third kappa shape index (κ3) is 4.64. The summed E-state index contributed by atoms with van der Waals surface area (Å²) in [7, 11) is -7.39. The summed E-state index contributed by atoms with van der Waals surface area (Å²) in [5.74, 6) is -0.360. The summed E-state index contributed by atoms with van der Waals surface area (Å²) in [4.78, 5) is -0.116. The molecule has 0 atom stereocenters. The lowest BCUT2D eigenvalue weighted by atomic mass is 10.3. The molecule has 1 aromatic carbocycles. The summed E-state index contributed by atoms with van der Waals surface area (Å²) in [6.45, 7) is 1.85. The molecular weight excluding hydrogens is 312 g/mol. The first kappa shape index (κ1) is 16.2. The van der Waals surface area contributed by atoms with Gasteiger partial charge in [0.1, 0.15) is 4.90 Å². The van der Waals surface area contributed by atoms with E-state index in [1.807, 2.05) is 0 Å². The molecule has 108 valence electrons. The molecule has 0 saturated carbocycles. The third-order valence-electron chi connectivity index (χ3n) is 2.12. The van der Waals surface area contributed by atoms with Crippen LogP contribution in [0.15, 0.2) is 29.2 Å². The molecule has 6 nitrogen and oxygen atoms in total. The number of nitrogens with one attached hydrogen (secondary N) is 2. The molecule has 0 aliphatic heterocycles. The summed E-state index contributed by atoms with van der Waals surface area (Å²) >= 11 is 5.38. The molecular formula is C10H15ClN2O4S2. The molecule has 1 rings (SSSR count). The van der Waals surface area contributed by atoms with E-state index in [0.29, 0.717) is 0 Å². The van der Waals surface area contributed by atoms with Crippen LogP contribution in [-0.2, 0) is 20.0 Å². The first-order valence-electron chi connectivity index (χ1n) is 5.47. The maximum absolute atomic E-state index is 11.9. The molecule has 0 aliphatic carbocycles. The van der Waals surface area contributed by atoms with Crippen molar-refractivity contribution >= 4 is 37.3 Å². The summed E-state index contributed by atoms with van der Waals surface area (Å²) in [6, 6.07) is 5.78. The van der Waals surface area contributed by atoms with Gasteiger partial charge in [0.05, 0.1) is 11.4 Å². The van der Waals surface area contributed by atoms with Crippen LogP contribution in [0.25, 0.3) is 0 Å². The molecule has 1 aromatic rings. The maximum Gasteiger partial charge on any atom is 0.242 e. The van der Waals surface area contributed by atoms with Crippen molar-refractivity contribution in [3.8, 4) is 0 Å². The van der Waals surface area contributed by atoms with Crippen LogP contribution in [0.4, 0.5) is 5.69 Å². The Labute approximate surface area is 118 Å². The minimum atomic E-state index is -3.74. The van der Waals surface area contributed by atoms with Crippen LogP contribution >= 0.6 is 11.6 Å². The van der Waals surface area contributed by atoms with Crippen molar-refractivity contribution in [3.63, 3.8) is 0 Å². The SMILES string of the molecule is CCNS(=O)(=O)c1ccccc1NS(=O)(=O)CCCl. The van der Waals surface area contributed by atoms with Gasteiger partial charge in [0.25, 0.3) is 0 Å². The number of rotatable bonds is 7. The largest absolute Gasteiger partial charge is 0.282 e. The van der Waals surface area contributed by atoms with Gasteiger partial charge < -0.3 is 0 Å². The fourth-order valence-corrected chi connectivity index (χ4v) is 4.07. The summed E-state index contributed by atoms with van der Waals surface area (Å²) in [6.07, 6.45) is 0. The number of para-hydroxylation sites is 1. The molecule has 0 aliphatic rings. The van der Waals surface area contributed by atoms with Gasteiger partial charge in [-0.3, -0.25) is 4.72 Å². The van der Waals surface area contributed by atoms with Crippen molar-refractivity contribution in [1.29, 1.82) is 0 Å². The van der Waals surface area contributed by atoms with Gasteiger partial charge in [-0.25, -0.2) is 21.6 Å². The van der Waals surface area contributed by atoms with Gasteiger partial charge in [-0.15, -0.1) is 11.6 Å². The smallest absolute Gasteiger partial charge is 0.242 e. The highest BCUT2D eigenvalue weighted by atomic mass is 35.5. The molecule has 0 fully saturated rings. The molecule has 0 bridgehead atoms. The predicted molar refractivity (Wildman–Crippen MR) is 75.4 cm³/mol. The lowest BCUT2D eigenvalue weighted by molar-refractivity contribution is 0.584. The number of halogens is 1. The van der Waals surface area contributed by atoms with Crippen LogP contribution in [0.1, 0.15) is 6.92 Å². The van der Waals surface area contributed by atoms with Crippen LogP contribution in [0, 0.1) is 0 Å². The summed E-state index contributed by atoms with van der Waals surface area (Å²) in [5, 5.41) is 0. The van der Waals surface area contributed by atoms with Crippen LogP contribution in [0.2, 0.25) is 0 Å². The second kappa shape index (κ2) is 6.56. The molecule has 0 aromatic heterocycles. The Balaban J connectivity index is 3.18. The first-order valence-corrected chi connectivity index (χ1v) is 9.14. The number of alkyl halides is 1. The van der Waals surface area contributed by atoms with Gasteiger partial charge in [-0.1, -0.05) is 19.1 Å². The van der Waals surface area contributed by atoms with E-state index in [-0.39, 0.29) is 28.8 Å². The van der Waals surface area contributed by atoms with E-state index in [2.05, 4.69) is 9.44 Å². The Morgan fingerprint density at radius 1 is 1.16 bits per heavy atom. The number of hydrogen-bond donors (Lipinski definition) is 2. The zero-order valence-corrected chi connectivity index (χ0v) is 12.6. The molecule has 0 spiro atoms. The Morgan fingerprint density at radius 3 is 2.37 bits per heavy atom. The Morgan fingerprint density at radius 2 is 1.79 bits per heavy atom. The topological polar surface area (TPSA) is 92.3 Å². The van der Waals surface area contributed by atoms with Crippen molar-refractivity contribution in [2.75, 3.05) is 22.9 Å². The van der Waals surface area contributed by atoms with Crippen LogP contribution in [0.3, 0.4) is 0 Å².